The quantitative estimate of drug-likeness (QED) is 0.629. The van der Waals surface area contributed by atoms with E-state index in [2.05, 4.69) is 32.2 Å². The number of nitrogens with one attached hydrogen (secondary N) is 2. The van der Waals surface area contributed by atoms with Crippen LogP contribution in [0.5, 0.6) is 0 Å². The zero-order chi connectivity index (χ0) is 18.5. The Hall–Kier alpha value is -2.83. The lowest BCUT2D eigenvalue weighted by atomic mass is 9.89. The molecule has 0 bridgehead atoms. The van der Waals surface area contributed by atoms with Crippen LogP contribution in [0.1, 0.15) is 43.2 Å². The van der Waals surface area contributed by atoms with Gasteiger partial charge in [0.2, 0.25) is 17.8 Å². The third kappa shape index (κ3) is 4.62. The van der Waals surface area contributed by atoms with Crippen LogP contribution >= 0.6 is 0 Å². The van der Waals surface area contributed by atoms with Crippen molar-refractivity contribution in [2.24, 2.45) is 11.7 Å². The standard InChI is InChI=1S/C19H27N7/c1-12-8-9-15(13(2)20)10-16(12)23-19-25-17(21)24-18(26-19)22-11-14-6-4-3-5-7-14/h8-10,14H,2-7,11,20H2,1H3,(H4,21,22,23,24,25,26). The predicted octanol–water partition coefficient (Wildman–Crippen LogP) is 3.43. The van der Waals surface area contributed by atoms with Gasteiger partial charge in [0, 0.05) is 17.9 Å². The molecule has 1 fully saturated rings. The van der Waals surface area contributed by atoms with Gasteiger partial charge in [0.1, 0.15) is 0 Å². The molecule has 138 valence electrons. The first-order valence-corrected chi connectivity index (χ1v) is 9.09. The Bertz CT molecular complexity index is 781. The molecule has 1 heterocycles. The smallest absolute Gasteiger partial charge is 0.233 e. The molecule has 7 heteroatoms. The van der Waals surface area contributed by atoms with Gasteiger partial charge in [0.05, 0.1) is 0 Å². The molecule has 1 aromatic heterocycles. The summed E-state index contributed by atoms with van der Waals surface area (Å²) in [6, 6.07) is 5.83. The van der Waals surface area contributed by atoms with Crippen molar-refractivity contribution in [1.29, 1.82) is 0 Å². The van der Waals surface area contributed by atoms with Gasteiger partial charge in [-0.2, -0.15) is 15.0 Å². The van der Waals surface area contributed by atoms with E-state index in [1.165, 1.54) is 32.1 Å². The Balaban J connectivity index is 1.73. The molecule has 7 nitrogen and oxygen atoms in total. The number of rotatable bonds is 6. The maximum atomic E-state index is 5.86. The van der Waals surface area contributed by atoms with E-state index in [-0.39, 0.29) is 5.95 Å². The minimum absolute atomic E-state index is 0.186. The van der Waals surface area contributed by atoms with E-state index in [0.29, 0.717) is 23.5 Å². The molecule has 0 aliphatic heterocycles. The average Bonchev–Trinajstić information content (AvgIpc) is 2.62. The number of anilines is 4. The van der Waals surface area contributed by atoms with Crippen molar-refractivity contribution in [2.45, 2.75) is 39.0 Å². The molecule has 1 aliphatic carbocycles. The molecular weight excluding hydrogens is 326 g/mol. The maximum Gasteiger partial charge on any atom is 0.233 e. The number of aromatic nitrogens is 3. The highest BCUT2D eigenvalue weighted by Gasteiger charge is 2.14. The Labute approximate surface area is 154 Å². The lowest BCUT2D eigenvalue weighted by Crippen LogP contribution is -2.19. The van der Waals surface area contributed by atoms with E-state index in [0.717, 1.165) is 23.4 Å². The number of nitrogens with zero attached hydrogens (tertiary/aromatic N) is 3. The topological polar surface area (TPSA) is 115 Å². The van der Waals surface area contributed by atoms with Crippen molar-refractivity contribution >= 4 is 29.2 Å². The minimum Gasteiger partial charge on any atom is -0.399 e. The molecule has 0 saturated heterocycles. The van der Waals surface area contributed by atoms with Crippen molar-refractivity contribution in [3.8, 4) is 0 Å². The van der Waals surface area contributed by atoms with E-state index in [1.807, 2.05) is 25.1 Å². The van der Waals surface area contributed by atoms with Gasteiger partial charge in [-0.15, -0.1) is 0 Å². The summed E-state index contributed by atoms with van der Waals surface area (Å²) in [6.45, 7) is 6.64. The van der Waals surface area contributed by atoms with Crippen molar-refractivity contribution in [3.63, 3.8) is 0 Å². The normalized spacial score (nSPS) is 14.8. The molecule has 1 aromatic carbocycles. The fourth-order valence-corrected chi connectivity index (χ4v) is 3.23. The molecular formula is C19H27N7. The summed E-state index contributed by atoms with van der Waals surface area (Å²) in [5, 5.41) is 6.52. The zero-order valence-electron chi connectivity index (χ0n) is 15.3. The van der Waals surface area contributed by atoms with E-state index >= 15 is 0 Å². The van der Waals surface area contributed by atoms with Crippen LogP contribution < -0.4 is 22.1 Å². The molecule has 6 N–H and O–H groups in total. The second kappa shape index (κ2) is 8.03. The summed E-state index contributed by atoms with van der Waals surface area (Å²) < 4.78 is 0. The van der Waals surface area contributed by atoms with Crippen molar-refractivity contribution in [3.05, 3.63) is 35.9 Å². The second-order valence-corrected chi connectivity index (χ2v) is 6.91. The predicted molar refractivity (Wildman–Crippen MR) is 107 cm³/mol. The highest BCUT2D eigenvalue weighted by atomic mass is 15.2. The first-order chi connectivity index (χ1) is 12.5. The monoisotopic (exact) mass is 353 g/mol. The van der Waals surface area contributed by atoms with Crippen LogP contribution in [-0.4, -0.2) is 21.5 Å². The van der Waals surface area contributed by atoms with Gasteiger partial charge in [-0.25, -0.2) is 0 Å². The molecule has 26 heavy (non-hydrogen) atoms. The van der Waals surface area contributed by atoms with Gasteiger partial charge < -0.3 is 22.1 Å². The zero-order valence-corrected chi connectivity index (χ0v) is 15.3. The van der Waals surface area contributed by atoms with Gasteiger partial charge in [-0.1, -0.05) is 38.0 Å². The van der Waals surface area contributed by atoms with Crippen LogP contribution in [-0.2, 0) is 0 Å². The molecule has 1 aliphatic rings. The van der Waals surface area contributed by atoms with E-state index < -0.39 is 0 Å². The van der Waals surface area contributed by atoms with Gasteiger partial charge in [0.25, 0.3) is 0 Å². The summed E-state index contributed by atoms with van der Waals surface area (Å²) >= 11 is 0. The maximum absolute atomic E-state index is 5.86. The molecule has 0 amide bonds. The summed E-state index contributed by atoms with van der Waals surface area (Å²) in [5.41, 5.74) is 14.9. The fourth-order valence-electron chi connectivity index (χ4n) is 3.23. The number of aryl methyl sites for hydroxylation is 1. The molecule has 3 rings (SSSR count). The van der Waals surface area contributed by atoms with Crippen LogP contribution in [0.4, 0.5) is 23.5 Å². The average molecular weight is 353 g/mol. The summed E-state index contributed by atoms with van der Waals surface area (Å²) in [6.07, 6.45) is 6.47. The lowest BCUT2D eigenvalue weighted by molar-refractivity contribution is 0.373. The van der Waals surface area contributed by atoms with Crippen LogP contribution in [0, 0.1) is 12.8 Å². The number of nitrogens with two attached hydrogens (primary N) is 2. The highest BCUT2D eigenvalue weighted by molar-refractivity contribution is 5.69. The first kappa shape index (κ1) is 18.0. The minimum atomic E-state index is 0.186. The molecule has 0 radical (unpaired) electrons. The number of hydrogen-bond donors (Lipinski definition) is 4. The van der Waals surface area contributed by atoms with Gasteiger partial charge >= 0.3 is 0 Å². The summed E-state index contributed by atoms with van der Waals surface area (Å²) in [5.74, 6) is 1.77. The second-order valence-electron chi connectivity index (χ2n) is 6.91. The molecule has 2 aromatic rings. The van der Waals surface area contributed by atoms with Crippen LogP contribution in [0.3, 0.4) is 0 Å². The van der Waals surface area contributed by atoms with Crippen molar-refractivity contribution in [2.75, 3.05) is 22.9 Å². The Morgan fingerprint density at radius 3 is 2.62 bits per heavy atom. The Morgan fingerprint density at radius 2 is 1.88 bits per heavy atom. The summed E-state index contributed by atoms with van der Waals surface area (Å²) in [7, 11) is 0. The Kier molecular flexibility index (Phi) is 5.55. The van der Waals surface area contributed by atoms with Gasteiger partial charge in [-0.05, 0) is 42.9 Å². The molecule has 0 spiro atoms. The van der Waals surface area contributed by atoms with Crippen molar-refractivity contribution in [1.82, 2.24) is 15.0 Å². The fraction of sp³-hybridized carbons (Fsp3) is 0.421. The third-order valence-electron chi connectivity index (χ3n) is 4.78. The van der Waals surface area contributed by atoms with E-state index in [4.69, 9.17) is 11.5 Å². The Morgan fingerprint density at radius 1 is 1.15 bits per heavy atom. The van der Waals surface area contributed by atoms with Gasteiger partial charge in [-0.3, -0.25) is 0 Å². The summed E-state index contributed by atoms with van der Waals surface area (Å²) in [4.78, 5) is 12.8. The number of benzene rings is 1. The largest absolute Gasteiger partial charge is 0.399 e. The van der Waals surface area contributed by atoms with Gasteiger partial charge in [0.15, 0.2) is 0 Å². The van der Waals surface area contributed by atoms with Crippen LogP contribution in [0.15, 0.2) is 24.8 Å². The molecule has 0 unspecified atom stereocenters. The van der Waals surface area contributed by atoms with Crippen LogP contribution in [0.2, 0.25) is 0 Å². The third-order valence-corrected chi connectivity index (χ3v) is 4.78. The lowest BCUT2D eigenvalue weighted by Gasteiger charge is -2.21. The van der Waals surface area contributed by atoms with E-state index in [9.17, 15) is 0 Å². The van der Waals surface area contributed by atoms with E-state index in [1.54, 1.807) is 0 Å². The number of hydrogen-bond acceptors (Lipinski definition) is 7. The first-order valence-electron chi connectivity index (χ1n) is 9.09. The highest BCUT2D eigenvalue weighted by Crippen LogP contribution is 2.25. The van der Waals surface area contributed by atoms with Crippen LogP contribution in [0.25, 0.3) is 5.70 Å². The molecule has 0 atom stereocenters. The number of nitrogen functional groups attached to an aromatic ring is 1. The van der Waals surface area contributed by atoms with Crippen molar-refractivity contribution < 1.29 is 0 Å². The molecule has 1 saturated carbocycles. The SMILES string of the molecule is C=C(N)c1ccc(C)c(Nc2nc(N)nc(NCC3CCCCC3)n2)c1.